The Morgan fingerprint density at radius 2 is 1.80 bits per heavy atom. The first-order valence-corrected chi connectivity index (χ1v) is 9.44. The number of Topliss-reactive ketones (excluding diaryl/α,β-unsaturated/α-hetero) is 1. The van der Waals surface area contributed by atoms with Crippen molar-refractivity contribution in [2.45, 2.75) is 57.3 Å². The van der Waals surface area contributed by atoms with E-state index in [0.717, 1.165) is 16.9 Å². The van der Waals surface area contributed by atoms with E-state index in [4.69, 9.17) is 4.74 Å². The number of ketones is 1. The third-order valence-corrected chi connectivity index (χ3v) is 5.46. The van der Waals surface area contributed by atoms with Gasteiger partial charge >= 0.3 is 0 Å². The summed E-state index contributed by atoms with van der Waals surface area (Å²) in [5.41, 5.74) is 3.37. The average molecular weight is 336 g/mol. The molecule has 0 aliphatic heterocycles. The Morgan fingerprint density at radius 3 is 2.48 bits per heavy atom. The molecule has 0 saturated heterocycles. The minimum atomic E-state index is 0.181. The van der Waals surface area contributed by atoms with Gasteiger partial charge in [-0.05, 0) is 47.9 Å². The highest BCUT2D eigenvalue weighted by Crippen LogP contribution is 2.33. The number of hydrogen-bond donors (Lipinski definition) is 0. The Bertz CT molecular complexity index is 696. The molecule has 3 rings (SSSR count). The molecule has 0 unspecified atom stereocenters. The maximum Gasteiger partial charge on any atom is 0.163 e. The maximum absolute atomic E-state index is 12.6. The number of rotatable bonds is 6. The van der Waals surface area contributed by atoms with Crippen LogP contribution in [0.2, 0.25) is 0 Å². The van der Waals surface area contributed by atoms with Crippen molar-refractivity contribution in [1.82, 2.24) is 0 Å². The molecule has 2 heteroatoms. The van der Waals surface area contributed by atoms with Crippen LogP contribution in [0.4, 0.5) is 0 Å². The third kappa shape index (κ3) is 4.50. The highest BCUT2D eigenvalue weighted by molar-refractivity contribution is 5.96. The Kier molecular flexibility index (Phi) is 5.91. The van der Waals surface area contributed by atoms with Crippen molar-refractivity contribution in [3.8, 4) is 5.75 Å². The molecule has 0 spiro atoms. The van der Waals surface area contributed by atoms with E-state index in [9.17, 15) is 4.79 Å². The minimum Gasteiger partial charge on any atom is -0.497 e. The van der Waals surface area contributed by atoms with Crippen LogP contribution in [0.3, 0.4) is 0 Å². The average Bonchev–Trinajstić information content (AvgIpc) is 2.68. The Morgan fingerprint density at radius 1 is 1.08 bits per heavy atom. The van der Waals surface area contributed by atoms with Gasteiger partial charge in [0, 0.05) is 12.0 Å². The first-order chi connectivity index (χ1) is 12.2. The van der Waals surface area contributed by atoms with Crippen LogP contribution >= 0.6 is 0 Å². The van der Waals surface area contributed by atoms with Gasteiger partial charge in [0.2, 0.25) is 0 Å². The number of hydrogen-bond acceptors (Lipinski definition) is 2. The summed E-state index contributed by atoms with van der Waals surface area (Å²) in [6.07, 6.45) is 7.15. The zero-order valence-corrected chi connectivity index (χ0v) is 15.3. The summed E-state index contributed by atoms with van der Waals surface area (Å²) in [7, 11) is 1.67. The second kappa shape index (κ2) is 8.33. The van der Waals surface area contributed by atoms with Gasteiger partial charge in [-0.3, -0.25) is 4.79 Å². The molecular weight excluding hydrogens is 308 g/mol. The van der Waals surface area contributed by atoms with Crippen LogP contribution in [0.1, 0.15) is 78.8 Å². The molecule has 0 aromatic heterocycles. The van der Waals surface area contributed by atoms with Gasteiger partial charge in [0.05, 0.1) is 7.11 Å². The van der Waals surface area contributed by atoms with E-state index in [1.807, 2.05) is 30.3 Å². The first kappa shape index (κ1) is 17.7. The predicted octanol–water partition coefficient (Wildman–Crippen LogP) is 6.12. The van der Waals surface area contributed by atoms with Crippen molar-refractivity contribution in [2.24, 2.45) is 0 Å². The molecule has 0 N–H and O–H groups in total. The highest BCUT2D eigenvalue weighted by atomic mass is 16.5. The number of ether oxygens (including phenoxy) is 1. The fourth-order valence-electron chi connectivity index (χ4n) is 3.84. The van der Waals surface area contributed by atoms with Gasteiger partial charge in [0.15, 0.2) is 5.78 Å². The van der Waals surface area contributed by atoms with Crippen molar-refractivity contribution in [2.75, 3.05) is 7.11 Å². The summed E-state index contributed by atoms with van der Waals surface area (Å²) in [5, 5.41) is 0. The molecule has 2 nitrogen and oxygen atoms in total. The number of carbonyl (C=O) groups excluding carboxylic acids is 1. The lowest BCUT2D eigenvalue weighted by Gasteiger charge is -2.22. The predicted molar refractivity (Wildman–Crippen MR) is 103 cm³/mol. The molecule has 0 heterocycles. The van der Waals surface area contributed by atoms with Gasteiger partial charge < -0.3 is 4.74 Å². The minimum absolute atomic E-state index is 0.181. The molecule has 2 aromatic rings. The lowest BCUT2D eigenvalue weighted by molar-refractivity contribution is 0.0975. The molecular formula is C23H28O2. The molecule has 1 aliphatic rings. The molecule has 1 atom stereocenters. The van der Waals surface area contributed by atoms with Gasteiger partial charge in [-0.1, -0.05) is 62.6 Å². The quantitative estimate of drug-likeness (QED) is 0.594. The molecule has 0 radical (unpaired) electrons. The van der Waals surface area contributed by atoms with Crippen LogP contribution in [0, 0.1) is 0 Å². The summed E-state index contributed by atoms with van der Waals surface area (Å²) in [6, 6.07) is 16.4. The molecule has 0 amide bonds. The normalized spacial score (nSPS) is 16.4. The molecule has 2 aromatic carbocycles. The second-order valence-electron chi connectivity index (χ2n) is 7.26. The van der Waals surface area contributed by atoms with Crippen molar-refractivity contribution in [1.29, 1.82) is 0 Å². The fraction of sp³-hybridized carbons (Fsp3) is 0.435. The SMILES string of the molecule is COc1cccc([C@H](C)CC(=O)c2ccc(C3CCCCC3)cc2)c1. The highest BCUT2D eigenvalue weighted by Gasteiger charge is 2.17. The molecule has 1 saturated carbocycles. The number of carbonyl (C=O) groups is 1. The first-order valence-electron chi connectivity index (χ1n) is 9.44. The summed E-state index contributed by atoms with van der Waals surface area (Å²) in [6.45, 7) is 2.10. The van der Waals surface area contributed by atoms with E-state index in [1.54, 1.807) is 7.11 Å². The van der Waals surface area contributed by atoms with E-state index in [0.29, 0.717) is 12.3 Å². The maximum atomic E-state index is 12.6. The van der Waals surface area contributed by atoms with Crippen LogP contribution in [-0.2, 0) is 0 Å². The van der Waals surface area contributed by atoms with Crippen molar-refractivity contribution < 1.29 is 9.53 Å². The van der Waals surface area contributed by atoms with Crippen LogP contribution in [0.25, 0.3) is 0 Å². The van der Waals surface area contributed by atoms with Gasteiger partial charge in [0.1, 0.15) is 5.75 Å². The van der Waals surface area contributed by atoms with Gasteiger partial charge in [-0.15, -0.1) is 0 Å². The monoisotopic (exact) mass is 336 g/mol. The molecule has 1 aliphatic carbocycles. The van der Waals surface area contributed by atoms with Crippen LogP contribution in [0.5, 0.6) is 5.75 Å². The lowest BCUT2D eigenvalue weighted by Crippen LogP contribution is -2.07. The third-order valence-electron chi connectivity index (χ3n) is 5.46. The smallest absolute Gasteiger partial charge is 0.163 e. The fourth-order valence-corrected chi connectivity index (χ4v) is 3.84. The lowest BCUT2D eigenvalue weighted by atomic mass is 9.83. The van der Waals surface area contributed by atoms with Crippen LogP contribution in [0.15, 0.2) is 48.5 Å². The van der Waals surface area contributed by atoms with E-state index in [-0.39, 0.29) is 11.7 Å². The zero-order valence-electron chi connectivity index (χ0n) is 15.3. The summed E-state index contributed by atoms with van der Waals surface area (Å²) in [4.78, 5) is 12.6. The summed E-state index contributed by atoms with van der Waals surface area (Å²) in [5.74, 6) is 1.92. The van der Waals surface area contributed by atoms with E-state index >= 15 is 0 Å². The topological polar surface area (TPSA) is 26.3 Å². The molecule has 25 heavy (non-hydrogen) atoms. The Hall–Kier alpha value is -2.09. The van der Waals surface area contributed by atoms with Crippen molar-refractivity contribution in [3.05, 3.63) is 65.2 Å². The van der Waals surface area contributed by atoms with Gasteiger partial charge in [-0.25, -0.2) is 0 Å². The summed E-state index contributed by atoms with van der Waals surface area (Å²) < 4.78 is 5.28. The van der Waals surface area contributed by atoms with E-state index in [2.05, 4.69) is 25.1 Å². The van der Waals surface area contributed by atoms with Crippen LogP contribution < -0.4 is 4.74 Å². The second-order valence-corrected chi connectivity index (χ2v) is 7.26. The van der Waals surface area contributed by atoms with E-state index in [1.165, 1.54) is 37.7 Å². The van der Waals surface area contributed by atoms with Crippen molar-refractivity contribution >= 4 is 5.78 Å². The largest absolute Gasteiger partial charge is 0.497 e. The van der Waals surface area contributed by atoms with Crippen LogP contribution in [-0.4, -0.2) is 12.9 Å². The molecule has 1 fully saturated rings. The van der Waals surface area contributed by atoms with E-state index < -0.39 is 0 Å². The van der Waals surface area contributed by atoms with Gasteiger partial charge in [0.25, 0.3) is 0 Å². The zero-order chi connectivity index (χ0) is 17.6. The standard InChI is InChI=1S/C23H28O2/c1-17(21-9-6-10-22(16-21)25-2)15-23(24)20-13-11-19(12-14-20)18-7-4-3-5-8-18/h6,9-14,16-18H,3-5,7-8,15H2,1-2H3/t17-/m1/s1. The van der Waals surface area contributed by atoms with Crippen molar-refractivity contribution in [3.63, 3.8) is 0 Å². The Balaban J connectivity index is 1.64. The summed E-state index contributed by atoms with van der Waals surface area (Å²) >= 11 is 0. The molecule has 0 bridgehead atoms. The molecule has 132 valence electrons. The number of methoxy groups -OCH3 is 1. The Labute approximate surface area is 151 Å². The van der Waals surface area contributed by atoms with Gasteiger partial charge in [-0.2, -0.15) is 0 Å². The number of benzene rings is 2.